The molecule has 1 aromatic heterocycles. The quantitative estimate of drug-likeness (QED) is 0.0994. The Bertz CT molecular complexity index is 2660. The first-order chi connectivity index (χ1) is 30.7. The van der Waals surface area contributed by atoms with Gasteiger partial charge >= 0.3 is 0 Å². The predicted molar refractivity (Wildman–Crippen MR) is 273 cm³/mol. The number of nitrogens with zero attached hydrogens (tertiary/aromatic N) is 4. The molecule has 5 aromatic carbocycles. The van der Waals surface area contributed by atoms with E-state index in [0.29, 0.717) is 17.6 Å². The van der Waals surface area contributed by atoms with Gasteiger partial charge in [-0.1, -0.05) is 54.9 Å². The lowest BCUT2D eigenvalue weighted by Gasteiger charge is -2.37. The van der Waals surface area contributed by atoms with Gasteiger partial charge in [-0.05, 0) is 167 Å². The van der Waals surface area contributed by atoms with Crippen molar-refractivity contribution in [1.82, 2.24) is 9.47 Å². The Morgan fingerprint density at radius 3 is 2.09 bits per heavy atom. The van der Waals surface area contributed by atoms with Gasteiger partial charge in [-0.3, -0.25) is 4.72 Å². The molecule has 2 N–H and O–H groups in total. The fourth-order valence-electron chi connectivity index (χ4n) is 9.53. The summed E-state index contributed by atoms with van der Waals surface area (Å²) >= 11 is 8.19. The number of hydrogen-bond donors (Lipinski definition) is 2. The summed E-state index contributed by atoms with van der Waals surface area (Å²) in [6, 6.07) is 39.4. The molecule has 0 aliphatic carbocycles. The molecule has 0 saturated carbocycles. The molecular formula is C53H63ClN6O2S2. The Morgan fingerprint density at radius 2 is 1.45 bits per heavy atom. The molecule has 2 saturated heterocycles. The summed E-state index contributed by atoms with van der Waals surface area (Å²) in [6.45, 7) is 22.1. The first-order valence-corrected chi connectivity index (χ1v) is 25.6. The summed E-state index contributed by atoms with van der Waals surface area (Å²) in [5.41, 5.74) is 13.4. The molecular weight excluding hydrogens is 852 g/mol. The summed E-state index contributed by atoms with van der Waals surface area (Å²) in [7, 11) is -3.80. The van der Waals surface area contributed by atoms with Gasteiger partial charge in [-0.25, -0.2) is 8.42 Å². The van der Waals surface area contributed by atoms with Gasteiger partial charge in [-0.2, -0.15) is 0 Å². The minimum Gasteiger partial charge on any atom is -0.380 e. The SMILES string of the molecule is Cc1cc(-c2c(C)c(C)n(C(C)C)c2-c2ccc(Cl)cc2)cc(N2CCN(c3ccc(NS(=O)(=O)c4ccc(N[C@@H](CSc5ccccc5)CN5CCC(C)C5)c(C)c4)cc3)CC2)c1. The number of benzene rings is 5. The molecule has 8 nitrogen and oxygen atoms in total. The number of nitrogens with one attached hydrogen (secondary N) is 2. The highest BCUT2D eigenvalue weighted by atomic mass is 35.5. The first kappa shape index (κ1) is 45.7. The number of aryl methyl sites for hydroxylation is 2. The molecule has 0 radical (unpaired) electrons. The van der Waals surface area contributed by atoms with Crippen molar-refractivity contribution in [3.63, 3.8) is 0 Å². The van der Waals surface area contributed by atoms with E-state index in [1.54, 1.807) is 12.1 Å². The second-order valence-corrected chi connectivity index (χ2v) is 21.4. The van der Waals surface area contributed by atoms with Crippen LogP contribution in [-0.4, -0.2) is 75.5 Å². The van der Waals surface area contributed by atoms with E-state index in [9.17, 15) is 8.42 Å². The molecule has 3 heterocycles. The number of aromatic nitrogens is 1. The van der Waals surface area contributed by atoms with Gasteiger partial charge in [0.2, 0.25) is 0 Å². The third-order valence-corrected chi connectivity index (χ3v) is 15.7. The Hall–Kier alpha value is -4.87. The lowest BCUT2D eigenvalue weighted by molar-refractivity contribution is 0.319. The Kier molecular flexibility index (Phi) is 14.1. The van der Waals surface area contributed by atoms with E-state index in [0.717, 1.165) is 79.1 Å². The van der Waals surface area contributed by atoms with E-state index in [-0.39, 0.29) is 10.9 Å². The highest BCUT2D eigenvalue weighted by molar-refractivity contribution is 7.99. The fourth-order valence-corrected chi connectivity index (χ4v) is 11.7. The molecule has 1 unspecified atom stereocenters. The molecule has 0 bridgehead atoms. The molecule has 8 rings (SSSR count). The van der Waals surface area contributed by atoms with Crippen LogP contribution in [0.15, 0.2) is 125 Å². The van der Waals surface area contributed by atoms with Crippen molar-refractivity contribution in [1.29, 1.82) is 0 Å². The van der Waals surface area contributed by atoms with Crippen molar-refractivity contribution in [3.8, 4) is 22.4 Å². The van der Waals surface area contributed by atoms with Crippen LogP contribution in [-0.2, 0) is 10.0 Å². The molecule has 0 spiro atoms. The summed E-state index contributed by atoms with van der Waals surface area (Å²) in [4.78, 5) is 8.92. The van der Waals surface area contributed by atoms with Gasteiger partial charge < -0.3 is 24.6 Å². The largest absolute Gasteiger partial charge is 0.380 e. The minimum absolute atomic E-state index is 0.212. The summed E-state index contributed by atoms with van der Waals surface area (Å²) in [6.07, 6.45) is 1.23. The van der Waals surface area contributed by atoms with Crippen LogP contribution in [0.3, 0.4) is 0 Å². The molecule has 11 heteroatoms. The number of piperazine rings is 1. The second kappa shape index (κ2) is 19.7. The zero-order valence-electron chi connectivity index (χ0n) is 38.4. The summed E-state index contributed by atoms with van der Waals surface area (Å²) in [5, 5.41) is 4.51. The Balaban J connectivity index is 0.911. The van der Waals surface area contributed by atoms with E-state index in [2.05, 4.69) is 125 Å². The lowest BCUT2D eigenvalue weighted by Crippen LogP contribution is -2.46. The van der Waals surface area contributed by atoms with Crippen LogP contribution in [0.1, 0.15) is 55.6 Å². The van der Waals surface area contributed by atoms with Gasteiger partial charge in [0, 0.05) is 101 Å². The number of sulfonamides is 1. The van der Waals surface area contributed by atoms with Crippen molar-refractivity contribution >= 4 is 56.1 Å². The molecule has 6 aromatic rings. The number of thioether (sulfide) groups is 1. The first-order valence-electron chi connectivity index (χ1n) is 22.7. The summed E-state index contributed by atoms with van der Waals surface area (Å²) < 4.78 is 32.7. The van der Waals surface area contributed by atoms with E-state index in [4.69, 9.17) is 11.6 Å². The maximum Gasteiger partial charge on any atom is 0.261 e. The molecule has 2 aliphatic heterocycles. The van der Waals surface area contributed by atoms with E-state index in [1.165, 1.54) is 50.6 Å². The van der Waals surface area contributed by atoms with Crippen LogP contribution < -0.4 is 19.8 Å². The summed E-state index contributed by atoms with van der Waals surface area (Å²) in [5.74, 6) is 1.63. The maximum atomic E-state index is 13.7. The highest BCUT2D eigenvalue weighted by Crippen LogP contribution is 2.42. The molecule has 336 valence electrons. The van der Waals surface area contributed by atoms with E-state index >= 15 is 0 Å². The van der Waals surface area contributed by atoms with Gasteiger partial charge in [0.1, 0.15) is 0 Å². The molecule has 2 atom stereocenters. The number of anilines is 4. The zero-order valence-corrected chi connectivity index (χ0v) is 40.8. The van der Waals surface area contributed by atoms with Crippen LogP contribution in [0.25, 0.3) is 22.4 Å². The monoisotopic (exact) mass is 914 g/mol. The average molecular weight is 916 g/mol. The van der Waals surface area contributed by atoms with Crippen LogP contribution >= 0.6 is 23.4 Å². The van der Waals surface area contributed by atoms with Gasteiger partial charge in [0.15, 0.2) is 0 Å². The van der Waals surface area contributed by atoms with Crippen LogP contribution in [0.2, 0.25) is 5.02 Å². The molecule has 64 heavy (non-hydrogen) atoms. The van der Waals surface area contributed by atoms with Crippen molar-refractivity contribution in [2.75, 3.05) is 71.4 Å². The average Bonchev–Trinajstić information content (AvgIpc) is 3.81. The number of likely N-dealkylation sites (tertiary alicyclic amines) is 1. The third-order valence-electron chi connectivity index (χ3n) is 12.9. The van der Waals surface area contributed by atoms with E-state index in [1.807, 2.05) is 67.2 Å². The Morgan fingerprint density at radius 1 is 0.766 bits per heavy atom. The topological polar surface area (TPSA) is 72.8 Å². The second-order valence-electron chi connectivity index (χ2n) is 18.2. The van der Waals surface area contributed by atoms with Crippen LogP contribution in [0.4, 0.5) is 22.7 Å². The molecule has 2 aliphatic rings. The predicted octanol–water partition coefficient (Wildman–Crippen LogP) is 12.3. The van der Waals surface area contributed by atoms with Gasteiger partial charge in [0.25, 0.3) is 10.0 Å². The molecule has 0 amide bonds. The van der Waals surface area contributed by atoms with Gasteiger partial charge in [0.05, 0.1) is 10.6 Å². The zero-order chi connectivity index (χ0) is 45.1. The minimum atomic E-state index is -3.80. The van der Waals surface area contributed by atoms with Gasteiger partial charge in [-0.15, -0.1) is 11.8 Å². The normalized spacial score (nSPS) is 16.4. The van der Waals surface area contributed by atoms with Crippen molar-refractivity contribution in [3.05, 3.63) is 143 Å². The molecule has 2 fully saturated rings. The van der Waals surface area contributed by atoms with Crippen molar-refractivity contribution < 1.29 is 8.42 Å². The Labute approximate surface area is 391 Å². The number of hydrogen-bond acceptors (Lipinski definition) is 7. The number of halogens is 1. The fraction of sp³-hybridized carbons (Fsp3) is 0.358. The smallest absolute Gasteiger partial charge is 0.261 e. The number of rotatable bonds is 15. The third kappa shape index (κ3) is 10.5. The standard InChI is InChI=1S/C53H63ClN6O2S2/c1-36(2)60-41(7)40(6)52(53(60)42-13-15-44(54)16-14-42)43-29-38(4)30-48(32-43)59-27-25-58(26-28-59)47-19-17-45(18-20-47)56-64(61,62)50-21-22-51(39(5)31-50)55-46(34-57-24-23-37(3)33-57)35-63-49-11-9-8-10-12-49/h8-22,29-32,36-37,46,55-56H,23-28,33-35H2,1-7H3/t37?,46-/m1/s1. The van der Waals surface area contributed by atoms with E-state index < -0.39 is 10.0 Å². The van der Waals surface area contributed by atoms with Crippen LogP contribution in [0, 0.1) is 33.6 Å². The van der Waals surface area contributed by atoms with Crippen molar-refractivity contribution in [2.45, 2.75) is 76.8 Å². The maximum absolute atomic E-state index is 13.7. The lowest BCUT2D eigenvalue weighted by atomic mass is 9.95. The highest BCUT2D eigenvalue weighted by Gasteiger charge is 2.26. The van der Waals surface area contributed by atoms with Crippen molar-refractivity contribution in [2.24, 2.45) is 5.92 Å². The van der Waals surface area contributed by atoms with Crippen LogP contribution in [0.5, 0.6) is 0 Å².